The van der Waals surface area contributed by atoms with Gasteiger partial charge in [-0.3, -0.25) is 5.32 Å². The normalized spacial score (nSPS) is 12.2. The fourth-order valence-corrected chi connectivity index (χ4v) is 1.44. The standard InChI is InChI=1S/C8H12N4O3S/c1-4(2)6(7(13)14)11-8(15)10-5-3-9-12-16-5/h3-4,6H,1-2H3,(H,13,14)(H2,10,11,15)/t6-/m1/s1. The first kappa shape index (κ1) is 12.4. The zero-order valence-electron chi connectivity index (χ0n) is 8.80. The molecule has 1 aromatic heterocycles. The lowest BCUT2D eigenvalue weighted by molar-refractivity contribution is -0.140. The molecule has 8 heteroatoms. The SMILES string of the molecule is CC(C)[C@@H](NC(=O)Nc1cnns1)C(=O)O. The number of urea groups is 1. The zero-order chi connectivity index (χ0) is 12.1. The van der Waals surface area contributed by atoms with Gasteiger partial charge in [-0.2, -0.15) is 0 Å². The Labute approximate surface area is 96.0 Å². The Morgan fingerprint density at radius 1 is 1.50 bits per heavy atom. The molecular weight excluding hydrogens is 232 g/mol. The van der Waals surface area contributed by atoms with Crippen LogP contribution in [0.1, 0.15) is 13.8 Å². The van der Waals surface area contributed by atoms with E-state index in [2.05, 4.69) is 20.2 Å². The Balaban J connectivity index is 2.52. The maximum absolute atomic E-state index is 11.4. The zero-order valence-corrected chi connectivity index (χ0v) is 9.61. The van der Waals surface area contributed by atoms with E-state index in [1.807, 2.05) is 0 Å². The van der Waals surface area contributed by atoms with E-state index in [1.54, 1.807) is 13.8 Å². The first-order valence-electron chi connectivity index (χ1n) is 4.58. The molecule has 0 saturated heterocycles. The Morgan fingerprint density at radius 2 is 2.19 bits per heavy atom. The minimum Gasteiger partial charge on any atom is -0.480 e. The van der Waals surface area contributed by atoms with Crippen LogP contribution in [0.15, 0.2) is 6.20 Å². The molecule has 16 heavy (non-hydrogen) atoms. The maximum Gasteiger partial charge on any atom is 0.326 e. The summed E-state index contributed by atoms with van der Waals surface area (Å²) in [6.07, 6.45) is 1.38. The molecule has 3 N–H and O–H groups in total. The van der Waals surface area contributed by atoms with Crippen LogP contribution in [0.4, 0.5) is 9.80 Å². The highest BCUT2D eigenvalue weighted by molar-refractivity contribution is 7.10. The van der Waals surface area contributed by atoms with Crippen LogP contribution in [-0.2, 0) is 4.79 Å². The molecule has 0 aliphatic heterocycles. The lowest BCUT2D eigenvalue weighted by atomic mass is 10.1. The Kier molecular flexibility index (Phi) is 4.18. The molecule has 0 aliphatic carbocycles. The molecule has 1 rings (SSSR count). The van der Waals surface area contributed by atoms with Gasteiger partial charge in [0.2, 0.25) is 0 Å². The second kappa shape index (κ2) is 5.40. The monoisotopic (exact) mass is 244 g/mol. The van der Waals surface area contributed by atoms with Crippen LogP contribution < -0.4 is 10.6 Å². The molecule has 0 saturated carbocycles. The maximum atomic E-state index is 11.4. The summed E-state index contributed by atoms with van der Waals surface area (Å²) in [7, 11) is 0. The third kappa shape index (κ3) is 3.46. The van der Waals surface area contributed by atoms with Gasteiger partial charge in [-0.15, -0.1) is 5.10 Å². The highest BCUT2D eigenvalue weighted by Crippen LogP contribution is 2.09. The molecule has 1 heterocycles. The lowest BCUT2D eigenvalue weighted by Gasteiger charge is -2.17. The average Bonchev–Trinajstić information content (AvgIpc) is 2.65. The molecule has 1 aromatic rings. The fourth-order valence-electron chi connectivity index (χ4n) is 1.03. The lowest BCUT2D eigenvalue weighted by Crippen LogP contribution is -2.46. The number of aromatic nitrogens is 2. The smallest absolute Gasteiger partial charge is 0.326 e. The molecule has 0 radical (unpaired) electrons. The molecule has 88 valence electrons. The van der Waals surface area contributed by atoms with Crippen molar-refractivity contribution in [3.63, 3.8) is 0 Å². The number of nitrogens with one attached hydrogen (secondary N) is 2. The number of hydrogen-bond acceptors (Lipinski definition) is 5. The fraction of sp³-hybridized carbons (Fsp3) is 0.500. The van der Waals surface area contributed by atoms with Crippen LogP contribution in [0.2, 0.25) is 0 Å². The van der Waals surface area contributed by atoms with Crippen LogP contribution in [0.25, 0.3) is 0 Å². The summed E-state index contributed by atoms with van der Waals surface area (Å²) in [4.78, 5) is 22.2. The van der Waals surface area contributed by atoms with Crippen LogP contribution in [0.5, 0.6) is 0 Å². The van der Waals surface area contributed by atoms with E-state index in [0.717, 1.165) is 11.5 Å². The quantitative estimate of drug-likeness (QED) is 0.725. The van der Waals surface area contributed by atoms with E-state index in [1.165, 1.54) is 6.20 Å². The summed E-state index contributed by atoms with van der Waals surface area (Å²) in [5.74, 6) is -1.25. The number of rotatable bonds is 4. The number of anilines is 1. The average molecular weight is 244 g/mol. The number of aliphatic carboxylic acids is 1. The van der Waals surface area contributed by atoms with Crippen molar-refractivity contribution in [1.82, 2.24) is 14.9 Å². The summed E-state index contributed by atoms with van der Waals surface area (Å²) in [5, 5.41) is 17.6. The van der Waals surface area contributed by atoms with Crippen molar-refractivity contribution in [2.45, 2.75) is 19.9 Å². The van der Waals surface area contributed by atoms with Gasteiger partial charge in [-0.05, 0) is 5.92 Å². The Morgan fingerprint density at radius 3 is 2.62 bits per heavy atom. The Bertz CT molecular complexity index is 365. The van der Waals surface area contributed by atoms with Crippen molar-refractivity contribution >= 4 is 28.5 Å². The molecule has 0 spiro atoms. The van der Waals surface area contributed by atoms with Crippen molar-refractivity contribution < 1.29 is 14.7 Å². The molecule has 0 bridgehead atoms. The van der Waals surface area contributed by atoms with E-state index in [0.29, 0.717) is 5.00 Å². The number of carboxylic acids is 1. The third-order valence-electron chi connectivity index (χ3n) is 1.82. The molecule has 2 amide bonds. The van der Waals surface area contributed by atoms with Crippen LogP contribution >= 0.6 is 11.5 Å². The summed E-state index contributed by atoms with van der Waals surface area (Å²) in [6, 6.07) is -1.49. The van der Waals surface area contributed by atoms with Crippen LogP contribution in [-0.4, -0.2) is 32.7 Å². The number of carbonyl (C=O) groups excluding carboxylic acids is 1. The van der Waals surface area contributed by atoms with Gasteiger partial charge >= 0.3 is 12.0 Å². The summed E-state index contributed by atoms with van der Waals surface area (Å²) in [5.41, 5.74) is 0. The number of amides is 2. The minimum atomic E-state index is -1.06. The highest BCUT2D eigenvalue weighted by Gasteiger charge is 2.23. The van der Waals surface area contributed by atoms with E-state index >= 15 is 0 Å². The second-order valence-corrected chi connectivity index (χ2v) is 4.23. The van der Waals surface area contributed by atoms with Gasteiger partial charge in [0.1, 0.15) is 11.0 Å². The number of carboxylic acid groups (broad SMARTS) is 1. The van der Waals surface area contributed by atoms with Gasteiger partial charge in [0, 0.05) is 11.5 Å². The summed E-state index contributed by atoms with van der Waals surface area (Å²) >= 11 is 1.01. The molecule has 0 fully saturated rings. The first-order chi connectivity index (χ1) is 7.50. The topological polar surface area (TPSA) is 104 Å². The van der Waals surface area contributed by atoms with Crippen LogP contribution in [0.3, 0.4) is 0 Å². The summed E-state index contributed by atoms with van der Waals surface area (Å²) in [6.45, 7) is 3.43. The first-order valence-corrected chi connectivity index (χ1v) is 5.35. The number of nitrogens with zero attached hydrogens (tertiary/aromatic N) is 2. The molecule has 0 unspecified atom stereocenters. The molecule has 1 atom stereocenters. The molecule has 0 aromatic carbocycles. The second-order valence-electron chi connectivity index (χ2n) is 3.44. The van der Waals surface area contributed by atoms with Gasteiger partial charge in [0.25, 0.3) is 0 Å². The highest BCUT2D eigenvalue weighted by atomic mass is 32.1. The van der Waals surface area contributed by atoms with Gasteiger partial charge in [0.05, 0.1) is 6.20 Å². The van der Waals surface area contributed by atoms with Crippen molar-refractivity contribution in [2.24, 2.45) is 5.92 Å². The van der Waals surface area contributed by atoms with E-state index < -0.39 is 18.0 Å². The van der Waals surface area contributed by atoms with Crippen molar-refractivity contribution in [3.8, 4) is 0 Å². The van der Waals surface area contributed by atoms with E-state index in [4.69, 9.17) is 5.11 Å². The molecule has 7 nitrogen and oxygen atoms in total. The molecule has 0 aliphatic rings. The Hall–Kier alpha value is -1.70. The third-order valence-corrected chi connectivity index (χ3v) is 2.40. The summed E-state index contributed by atoms with van der Waals surface area (Å²) < 4.78 is 3.56. The minimum absolute atomic E-state index is 0.192. The van der Waals surface area contributed by atoms with Crippen molar-refractivity contribution in [3.05, 3.63) is 6.20 Å². The van der Waals surface area contributed by atoms with Crippen LogP contribution in [0, 0.1) is 5.92 Å². The largest absolute Gasteiger partial charge is 0.480 e. The van der Waals surface area contributed by atoms with E-state index in [9.17, 15) is 9.59 Å². The number of carbonyl (C=O) groups is 2. The van der Waals surface area contributed by atoms with Crippen molar-refractivity contribution in [2.75, 3.05) is 5.32 Å². The van der Waals surface area contributed by atoms with Gasteiger partial charge < -0.3 is 10.4 Å². The predicted molar refractivity (Wildman–Crippen MR) is 58.3 cm³/mol. The molecular formula is C8H12N4O3S. The van der Waals surface area contributed by atoms with Gasteiger partial charge in [-0.25, -0.2) is 9.59 Å². The van der Waals surface area contributed by atoms with Crippen molar-refractivity contribution in [1.29, 1.82) is 0 Å². The van der Waals surface area contributed by atoms with Gasteiger partial charge in [0.15, 0.2) is 0 Å². The predicted octanol–water partition coefficient (Wildman–Crippen LogP) is 0.769. The number of hydrogen-bond donors (Lipinski definition) is 3. The van der Waals surface area contributed by atoms with Gasteiger partial charge in [-0.1, -0.05) is 18.3 Å². The van der Waals surface area contributed by atoms with E-state index in [-0.39, 0.29) is 5.92 Å².